The standard InChI is InChI=1S/C24H25N5O3/c1-3-32-19-11-9-17(10-12-19)16(2)26-22(30)14-13-21-27-23-20(24(31)28-21)15-25-29(23)18-7-5-4-6-8-18/h4-12,15-16H,3,13-14H2,1-2H3,(H,26,30)(H,27,28,31). The fourth-order valence-corrected chi connectivity index (χ4v) is 3.49. The van der Waals surface area contributed by atoms with Crippen LogP contribution >= 0.6 is 0 Å². The van der Waals surface area contributed by atoms with E-state index in [-0.39, 0.29) is 23.9 Å². The number of nitrogens with one attached hydrogen (secondary N) is 2. The lowest BCUT2D eigenvalue weighted by Crippen LogP contribution is -2.27. The van der Waals surface area contributed by atoms with E-state index >= 15 is 0 Å². The maximum Gasteiger partial charge on any atom is 0.262 e. The number of hydrogen-bond acceptors (Lipinski definition) is 5. The SMILES string of the molecule is CCOc1ccc(C(C)NC(=O)CCc2nc3c(cnn3-c3ccccc3)c(=O)[nH]2)cc1. The van der Waals surface area contributed by atoms with Gasteiger partial charge in [-0.15, -0.1) is 0 Å². The molecular formula is C24H25N5O3. The number of amides is 1. The minimum absolute atomic E-state index is 0.120. The zero-order valence-corrected chi connectivity index (χ0v) is 18.0. The number of ether oxygens (including phenoxy) is 1. The zero-order valence-electron chi connectivity index (χ0n) is 18.0. The average Bonchev–Trinajstić information content (AvgIpc) is 3.23. The maximum absolute atomic E-state index is 12.5. The number of nitrogens with zero attached hydrogens (tertiary/aromatic N) is 3. The summed E-state index contributed by atoms with van der Waals surface area (Å²) in [6, 6.07) is 17.0. The van der Waals surface area contributed by atoms with Gasteiger partial charge in [-0.3, -0.25) is 9.59 Å². The minimum atomic E-state index is -0.268. The first-order chi connectivity index (χ1) is 15.5. The molecule has 4 rings (SSSR count). The number of H-pyrrole nitrogens is 1. The van der Waals surface area contributed by atoms with Crippen molar-refractivity contribution in [1.82, 2.24) is 25.1 Å². The lowest BCUT2D eigenvalue weighted by atomic mass is 10.1. The topological polar surface area (TPSA) is 102 Å². The number of aromatic amines is 1. The van der Waals surface area contributed by atoms with Gasteiger partial charge in [0.15, 0.2) is 5.65 Å². The van der Waals surface area contributed by atoms with Crippen molar-refractivity contribution in [2.24, 2.45) is 0 Å². The van der Waals surface area contributed by atoms with Gasteiger partial charge in [-0.05, 0) is 43.7 Å². The van der Waals surface area contributed by atoms with Crippen molar-refractivity contribution in [3.05, 3.63) is 82.5 Å². The van der Waals surface area contributed by atoms with Gasteiger partial charge >= 0.3 is 0 Å². The fourth-order valence-electron chi connectivity index (χ4n) is 3.49. The number of rotatable bonds is 8. The molecule has 0 saturated carbocycles. The van der Waals surface area contributed by atoms with Crippen LogP contribution in [0.15, 0.2) is 65.6 Å². The number of fused-ring (bicyclic) bond motifs is 1. The molecule has 1 unspecified atom stereocenters. The molecule has 32 heavy (non-hydrogen) atoms. The van der Waals surface area contributed by atoms with E-state index in [1.165, 1.54) is 6.20 Å². The van der Waals surface area contributed by atoms with Crippen molar-refractivity contribution in [1.29, 1.82) is 0 Å². The Kier molecular flexibility index (Phi) is 6.30. The van der Waals surface area contributed by atoms with Crippen LogP contribution in [0, 0.1) is 0 Å². The van der Waals surface area contributed by atoms with Crippen molar-refractivity contribution in [3.63, 3.8) is 0 Å². The van der Waals surface area contributed by atoms with Crippen molar-refractivity contribution >= 4 is 16.9 Å². The van der Waals surface area contributed by atoms with Crippen LogP contribution in [0.3, 0.4) is 0 Å². The molecule has 4 aromatic rings. The van der Waals surface area contributed by atoms with Crippen LogP contribution in [0.25, 0.3) is 16.7 Å². The van der Waals surface area contributed by atoms with Gasteiger partial charge < -0.3 is 15.0 Å². The summed E-state index contributed by atoms with van der Waals surface area (Å²) in [4.78, 5) is 32.3. The van der Waals surface area contributed by atoms with Crippen molar-refractivity contribution in [2.75, 3.05) is 6.61 Å². The summed E-state index contributed by atoms with van der Waals surface area (Å²) in [6.07, 6.45) is 2.02. The Hall–Kier alpha value is -3.94. The predicted octanol–water partition coefficient (Wildman–Crippen LogP) is 3.32. The van der Waals surface area contributed by atoms with Gasteiger partial charge in [0.2, 0.25) is 5.91 Å². The largest absolute Gasteiger partial charge is 0.494 e. The van der Waals surface area contributed by atoms with Crippen molar-refractivity contribution in [3.8, 4) is 11.4 Å². The Labute approximate surface area is 185 Å². The highest BCUT2D eigenvalue weighted by molar-refractivity contribution is 5.77. The summed E-state index contributed by atoms with van der Waals surface area (Å²) in [5.41, 5.74) is 2.00. The smallest absolute Gasteiger partial charge is 0.262 e. The summed E-state index contributed by atoms with van der Waals surface area (Å²) in [5, 5.41) is 7.69. The van der Waals surface area contributed by atoms with E-state index in [9.17, 15) is 9.59 Å². The normalized spacial score (nSPS) is 11.9. The molecule has 0 spiro atoms. The van der Waals surface area contributed by atoms with Crippen LogP contribution in [0.4, 0.5) is 0 Å². The summed E-state index contributed by atoms with van der Waals surface area (Å²) in [5.74, 6) is 1.13. The number of carbonyl (C=O) groups is 1. The third-order valence-electron chi connectivity index (χ3n) is 5.15. The van der Waals surface area contributed by atoms with E-state index in [0.717, 1.165) is 17.0 Å². The molecule has 0 fully saturated rings. The average molecular weight is 431 g/mol. The maximum atomic E-state index is 12.5. The third kappa shape index (κ3) is 4.69. The number of para-hydroxylation sites is 1. The second kappa shape index (κ2) is 9.47. The molecule has 0 bridgehead atoms. The molecule has 0 aliphatic rings. The van der Waals surface area contributed by atoms with Gasteiger partial charge in [-0.2, -0.15) is 5.10 Å². The quantitative estimate of drug-likeness (QED) is 0.446. The molecule has 2 heterocycles. The Bertz CT molecular complexity index is 1260. The van der Waals surface area contributed by atoms with E-state index in [0.29, 0.717) is 29.9 Å². The van der Waals surface area contributed by atoms with Gasteiger partial charge in [-0.25, -0.2) is 9.67 Å². The third-order valence-corrected chi connectivity index (χ3v) is 5.15. The molecule has 0 radical (unpaired) electrons. The zero-order chi connectivity index (χ0) is 22.5. The Morgan fingerprint density at radius 3 is 2.62 bits per heavy atom. The highest BCUT2D eigenvalue weighted by atomic mass is 16.5. The number of aromatic nitrogens is 4. The van der Waals surface area contributed by atoms with Crippen LogP contribution in [-0.2, 0) is 11.2 Å². The molecule has 0 saturated heterocycles. The minimum Gasteiger partial charge on any atom is -0.494 e. The summed E-state index contributed by atoms with van der Waals surface area (Å²) in [6.45, 7) is 4.48. The van der Waals surface area contributed by atoms with Crippen LogP contribution in [0.2, 0.25) is 0 Å². The first-order valence-electron chi connectivity index (χ1n) is 10.6. The van der Waals surface area contributed by atoms with Crippen LogP contribution < -0.4 is 15.6 Å². The van der Waals surface area contributed by atoms with Gasteiger partial charge in [0.05, 0.1) is 24.5 Å². The molecule has 2 aromatic heterocycles. The van der Waals surface area contributed by atoms with Crippen LogP contribution in [-0.4, -0.2) is 32.3 Å². The number of hydrogen-bond donors (Lipinski definition) is 2. The monoisotopic (exact) mass is 431 g/mol. The first-order valence-corrected chi connectivity index (χ1v) is 10.6. The second-order valence-corrected chi connectivity index (χ2v) is 7.43. The molecule has 1 atom stereocenters. The van der Waals surface area contributed by atoms with Gasteiger partial charge in [0.25, 0.3) is 5.56 Å². The van der Waals surface area contributed by atoms with Gasteiger partial charge in [0, 0.05) is 12.8 Å². The highest BCUT2D eigenvalue weighted by Crippen LogP contribution is 2.18. The number of carbonyl (C=O) groups excluding carboxylic acids is 1. The summed E-state index contributed by atoms with van der Waals surface area (Å²) < 4.78 is 7.08. The molecule has 8 nitrogen and oxygen atoms in total. The predicted molar refractivity (Wildman–Crippen MR) is 122 cm³/mol. The summed E-state index contributed by atoms with van der Waals surface area (Å²) >= 11 is 0. The van der Waals surface area contributed by atoms with Crippen molar-refractivity contribution < 1.29 is 9.53 Å². The first kappa shape index (κ1) is 21.3. The van der Waals surface area contributed by atoms with E-state index in [1.54, 1.807) is 4.68 Å². The Morgan fingerprint density at radius 1 is 1.16 bits per heavy atom. The Morgan fingerprint density at radius 2 is 1.91 bits per heavy atom. The van der Waals surface area contributed by atoms with Gasteiger partial charge in [-0.1, -0.05) is 30.3 Å². The molecule has 164 valence electrons. The molecule has 1 amide bonds. The van der Waals surface area contributed by atoms with E-state index in [4.69, 9.17) is 4.74 Å². The molecule has 8 heteroatoms. The second-order valence-electron chi connectivity index (χ2n) is 7.43. The van der Waals surface area contributed by atoms with Crippen molar-refractivity contribution in [2.45, 2.75) is 32.7 Å². The highest BCUT2D eigenvalue weighted by Gasteiger charge is 2.14. The fraction of sp³-hybridized carbons (Fsp3) is 0.250. The van der Waals surface area contributed by atoms with Crippen LogP contribution in [0.5, 0.6) is 5.75 Å². The number of aryl methyl sites for hydroxylation is 1. The van der Waals surface area contributed by atoms with E-state index < -0.39 is 0 Å². The molecule has 2 aromatic carbocycles. The molecule has 0 aliphatic carbocycles. The van der Waals surface area contributed by atoms with E-state index in [2.05, 4.69) is 20.4 Å². The molecule has 2 N–H and O–H groups in total. The lowest BCUT2D eigenvalue weighted by molar-refractivity contribution is -0.121. The molecule has 0 aliphatic heterocycles. The molecular weight excluding hydrogens is 406 g/mol. The van der Waals surface area contributed by atoms with Crippen LogP contribution in [0.1, 0.15) is 37.7 Å². The summed E-state index contributed by atoms with van der Waals surface area (Å²) in [7, 11) is 0. The number of benzene rings is 2. The lowest BCUT2D eigenvalue weighted by Gasteiger charge is -2.15. The Balaban J connectivity index is 1.43. The van der Waals surface area contributed by atoms with Gasteiger partial charge in [0.1, 0.15) is 17.0 Å². The van der Waals surface area contributed by atoms with E-state index in [1.807, 2.05) is 68.4 Å².